The highest BCUT2D eigenvalue weighted by Crippen LogP contribution is 2.24. The highest BCUT2D eigenvalue weighted by Gasteiger charge is 2.22. The van der Waals surface area contributed by atoms with Crippen LogP contribution in [0.1, 0.15) is 48.0 Å². The summed E-state index contributed by atoms with van der Waals surface area (Å²) in [5.74, 6) is 0.527. The molecule has 1 rings (SSSR count). The maximum absolute atomic E-state index is 8.43. The van der Waals surface area contributed by atoms with E-state index in [0.29, 0.717) is 19.0 Å². The Morgan fingerprint density at radius 3 is 2.20 bits per heavy atom. The van der Waals surface area contributed by atoms with Crippen LogP contribution >= 0.6 is 0 Å². The van der Waals surface area contributed by atoms with Crippen molar-refractivity contribution in [2.45, 2.75) is 48.0 Å². The summed E-state index contributed by atoms with van der Waals surface area (Å²) in [6.07, 6.45) is 1.04. The van der Waals surface area contributed by atoms with Crippen LogP contribution < -0.4 is 0 Å². The monoisotopic (exact) mass is 279 g/mol. The Morgan fingerprint density at radius 2 is 1.75 bits per heavy atom. The van der Waals surface area contributed by atoms with Gasteiger partial charge < -0.3 is 9.64 Å². The largest absolute Gasteiger partial charge is 0.378 e. The van der Waals surface area contributed by atoms with Crippen molar-refractivity contribution in [1.29, 1.82) is 5.41 Å². The van der Waals surface area contributed by atoms with Gasteiger partial charge in [-0.15, -0.1) is 0 Å². The lowest BCUT2D eigenvalue weighted by Crippen LogP contribution is -2.41. The smallest absolute Gasteiger partial charge is 0.147 e. The Labute approximate surface area is 123 Å². The van der Waals surface area contributed by atoms with Crippen molar-refractivity contribution in [2.24, 2.45) is 10.4 Å². The van der Waals surface area contributed by atoms with Gasteiger partial charge >= 0.3 is 0 Å². The summed E-state index contributed by atoms with van der Waals surface area (Å²) in [6, 6.07) is 0. The zero-order chi connectivity index (χ0) is 15.3. The fourth-order valence-corrected chi connectivity index (χ4v) is 1.91. The van der Waals surface area contributed by atoms with Crippen molar-refractivity contribution in [3.8, 4) is 0 Å². The highest BCUT2D eigenvalue weighted by molar-refractivity contribution is 6.00. The van der Waals surface area contributed by atoms with Crippen LogP contribution in [0.5, 0.6) is 0 Å². The molecule has 4 heteroatoms. The van der Waals surface area contributed by atoms with E-state index in [1.54, 1.807) is 0 Å². The minimum atomic E-state index is 0.0754. The zero-order valence-corrected chi connectivity index (χ0v) is 13.8. The van der Waals surface area contributed by atoms with Crippen molar-refractivity contribution < 1.29 is 4.74 Å². The molecule has 0 unspecified atom stereocenters. The second kappa shape index (κ2) is 7.02. The molecule has 1 N–H and O–H groups in total. The van der Waals surface area contributed by atoms with Gasteiger partial charge in [-0.05, 0) is 32.8 Å². The van der Waals surface area contributed by atoms with Crippen LogP contribution in [0.25, 0.3) is 0 Å². The van der Waals surface area contributed by atoms with Gasteiger partial charge in [-0.2, -0.15) is 0 Å². The first-order valence-corrected chi connectivity index (χ1v) is 7.44. The number of rotatable bonds is 4. The number of nitrogens with one attached hydrogen (secondary N) is 1. The molecule has 114 valence electrons. The fourth-order valence-electron chi connectivity index (χ4n) is 1.91. The van der Waals surface area contributed by atoms with Crippen LogP contribution in [0.15, 0.2) is 16.3 Å². The van der Waals surface area contributed by atoms with E-state index in [4.69, 9.17) is 15.1 Å². The lowest BCUT2D eigenvalue weighted by molar-refractivity contribution is 0.0678. The molecule has 0 aromatic carbocycles. The third-order valence-corrected chi connectivity index (χ3v) is 4.17. The van der Waals surface area contributed by atoms with Crippen LogP contribution in [0.2, 0.25) is 0 Å². The van der Waals surface area contributed by atoms with E-state index in [-0.39, 0.29) is 5.41 Å². The molecule has 4 nitrogen and oxygen atoms in total. The molecule has 1 aliphatic rings. The Bertz CT molecular complexity index is 411. The molecule has 0 atom stereocenters. The highest BCUT2D eigenvalue weighted by atomic mass is 16.5. The second-order valence-corrected chi connectivity index (χ2v) is 6.23. The molecule has 1 fully saturated rings. The number of aliphatic imine (C=N–C) groups is 1. The van der Waals surface area contributed by atoms with Crippen LogP contribution in [0.3, 0.4) is 0 Å². The number of amidine groups is 1. The number of hydrogen-bond donors (Lipinski definition) is 1. The van der Waals surface area contributed by atoms with E-state index in [9.17, 15) is 0 Å². The molecule has 0 aromatic rings. The first-order chi connectivity index (χ1) is 9.29. The third-order valence-electron chi connectivity index (χ3n) is 4.17. The molecule has 0 bridgehead atoms. The maximum atomic E-state index is 8.43. The first kappa shape index (κ1) is 16.9. The van der Waals surface area contributed by atoms with E-state index in [1.807, 2.05) is 13.8 Å². The summed E-state index contributed by atoms with van der Waals surface area (Å²) in [6.45, 7) is 15.7. The maximum Gasteiger partial charge on any atom is 0.147 e. The fraction of sp³-hybridized carbons (Fsp3) is 0.750. The molecule has 1 heterocycles. The van der Waals surface area contributed by atoms with Gasteiger partial charge in [0, 0.05) is 24.2 Å². The van der Waals surface area contributed by atoms with E-state index in [0.717, 1.165) is 36.5 Å². The standard InChI is InChI=1S/C16H29N3O/c1-7-16(5,6)13(4)18-14(12(2)3)15(17)19-8-10-20-11-9-19/h17H,7-11H2,1-6H3/b17-15?,18-13+. The molecule has 0 aliphatic carbocycles. The molecule has 0 spiro atoms. The van der Waals surface area contributed by atoms with Crippen LogP contribution in [-0.4, -0.2) is 42.8 Å². The second-order valence-electron chi connectivity index (χ2n) is 6.23. The minimum Gasteiger partial charge on any atom is -0.378 e. The van der Waals surface area contributed by atoms with Crippen LogP contribution in [0.4, 0.5) is 0 Å². The van der Waals surface area contributed by atoms with Gasteiger partial charge in [0.2, 0.25) is 0 Å². The van der Waals surface area contributed by atoms with Crippen molar-refractivity contribution in [1.82, 2.24) is 4.90 Å². The minimum absolute atomic E-state index is 0.0754. The molecule has 1 aliphatic heterocycles. The van der Waals surface area contributed by atoms with Gasteiger partial charge in [0.15, 0.2) is 0 Å². The normalized spacial score (nSPS) is 17.1. The predicted octanol–water partition coefficient (Wildman–Crippen LogP) is 3.49. The summed E-state index contributed by atoms with van der Waals surface area (Å²) < 4.78 is 5.35. The average Bonchev–Trinajstić information content (AvgIpc) is 2.44. The zero-order valence-electron chi connectivity index (χ0n) is 13.8. The van der Waals surface area contributed by atoms with Crippen molar-refractivity contribution >= 4 is 11.5 Å². The number of hydrogen-bond acceptors (Lipinski definition) is 3. The number of ether oxygens (including phenoxy) is 1. The Balaban J connectivity index is 2.99. The molecule has 0 aromatic heterocycles. The molecule has 0 amide bonds. The van der Waals surface area contributed by atoms with E-state index in [2.05, 4.69) is 32.6 Å². The lowest BCUT2D eigenvalue weighted by atomic mass is 9.85. The van der Waals surface area contributed by atoms with Gasteiger partial charge in [-0.1, -0.05) is 20.8 Å². The third kappa shape index (κ3) is 4.17. The molecule has 0 radical (unpaired) electrons. The lowest BCUT2D eigenvalue weighted by Gasteiger charge is -2.30. The predicted molar refractivity (Wildman–Crippen MR) is 85.7 cm³/mol. The molecule has 20 heavy (non-hydrogen) atoms. The molecular weight excluding hydrogens is 250 g/mol. The summed E-state index contributed by atoms with van der Waals surface area (Å²) in [5, 5.41) is 8.43. The van der Waals surface area contributed by atoms with E-state index < -0.39 is 0 Å². The van der Waals surface area contributed by atoms with Gasteiger partial charge in [0.1, 0.15) is 11.5 Å². The number of allylic oxidation sites excluding steroid dienone is 1. The topological polar surface area (TPSA) is 48.7 Å². The quantitative estimate of drug-likeness (QED) is 0.632. The number of nitrogens with zero attached hydrogens (tertiary/aromatic N) is 2. The summed E-state index contributed by atoms with van der Waals surface area (Å²) in [5.41, 5.74) is 3.07. The van der Waals surface area contributed by atoms with Crippen molar-refractivity contribution in [3.05, 3.63) is 11.3 Å². The Hall–Kier alpha value is -1.16. The SMILES string of the molecule is CCC(C)(C)/C(C)=N/C(C(=N)N1CCOCC1)=C(C)C. The molecule has 0 saturated carbocycles. The van der Waals surface area contributed by atoms with Gasteiger partial charge in [0.25, 0.3) is 0 Å². The average molecular weight is 279 g/mol. The van der Waals surface area contributed by atoms with Gasteiger partial charge in [-0.25, -0.2) is 0 Å². The first-order valence-electron chi connectivity index (χ1n) is 7.44. The van der Waals surface area contributed by atoms with Gasteiger partial charge in [0.05, 0.1) is 13.2 Å². The Kier molecular flexibility index (Phi) is 5.93. The Morgan fingerprint density at radius 1 is 1.20 bits per heavy atom. The molecule has 1 saturated heterocycles. The van der Waals surface area contributed by atoms with Gasteiger partial charge in [-0.3, -0.25) is 10.4 Å². The van der Waals surface area contributed by atoms with E-state index in [1.165, 1.54) is 0 Å². The summed E-state index contributed by atoms with van der Waals surface area (Å²) in [7, 11) is 0. The van der Waals surface area contributed by atoms with E-state index >= 15 is 0 Å². The van der Waals surface area contributed by atoms with Crippen molar-refractivity contribution in [3.63, 3.8) is 0 Å². The van der Waals surface area contributed by atoms with Crippen LogP contribution in [-0.2, 0) is 4.74 Å². The van der Waals surface area contributed by atoms with Crippen molar-refractivity contribution in [2.75, 3.05) is 26.3 Å². The number of morpholine rings is 1. The summed E-state index contributed by atoms with van der Waals surface area (Å²) >= 11 is 0. The molecular formula is C16H29N3O. The van der Waals surface area contributed by atoms with Crippen LogP contribution in [0, 0.1) is 10.8 Å². The summed E-state index contributed by atoms with van der Waals surface area (Å²) in [4.78, 5) is 6.84.